The van der Waals surface area contributed by atoms with Gasteiger partial charge in [-0.2, -0.15) is 0 Å². The van der Waals surface area contributed by atoms with Crippen LogP contribution in [0.15, 0.2) is 24.3 Å². The molecule has 1 nitrogen and oxygen atoms in total. The summed E-state index contributed by atoms with van der Waals surface area (Å²) in [6.07, 6.45) is 12.7. The Morgan fingerprint density at radius 1 is 1.00 bits per heavy atom. The quantitative estimate of drug-likeness (QED) is 0.597. The Bertz CT molecular complexity index is 485. The minimum atomic E-state index is 0.313. The van der Waals surface area contributed by atoms with Gasteiger partial charge in [-0.05, 0) is 42.6 Å². The molecule has 0 N–H and O–H groups in total. The standard InChI is InChI=1S/C21H30O/c1-2-3-11-21(22)18-14-12-17(13-15-18)20-10-6-8-16-7-4-5-9-19(16)20/h12-16,19-20H,2-11H2,1H3/t16-,19+,20?/m1/s1. The summed E-state index contributed by atoms with van der Waals surface area (Å²) in [6.45, 7) is 2.14. The summed E-state index contributed by atoms with van der Waals surface area (Å²) in [5.41, 5.74) is 2.40. The molecule has 0 amide bonds. The van der Waals surface area contributed by atoms with Gasteiger partial charge in [0.1, 0.15) is 0 Å². The lowest BCUT2D eigenvalue weighted by Crippen LogP contribution is -2.29. The van der Waals surface area contributed by atoms with Crippen LogP contribution in [-0.4, -0.2) is 5.78 Å². The fourth-order valence-electron chi connectivity index (χ4n) is 4.75. The van der Waals surface area contributed by atoms with Crippen molar-refractivity contribution >= 4 is 5.78 Å². The normalized spacial score (nSPS) is 28.1. The Morgan fingerprint density at radius 2 is 1.73 bits per heavy atom. The average molecular weight is 298 g/mol. The summed E-state index contributed by atoms with van der Waals surface area (Å²) in [5.74, 6) is 2.94. The maximum Gasteiger partial charge on any atom is 0.162 e. The Kier molecular flexibility index (Phi) is 5.33. The summed E-state index contributed by atoms with van der Waals surface area (Å²) in [7, 11) is 0. The van der Waals surface area contributed by atoms with Gasteiger partial charge in [0.05, 0.1) is 0 Å². The second-order valence-corrected chi connectivity index (χ2v) is 7.39. The molecule has 0 bridgehead atoms. The Morgan fingerprint density at radius 3 is 2.50 bits per heavy atom. The number of Topliss-reactive ketones (excluding diaryl/α,β-unsaturated/α-hetero) is 1. The number of carbonyl (C=O) groups is 1. The van der Waals surface area contributed by atoms with Crippen molar-refractivity contribution < 1.29 is 4.79 Å². The maximum absolute atomic E-state index is 12.1. The van der Waals surface area contributed by atoms with Gasteiger partial charge in [-0.15, -0.1) is 0 Å². The van der Waals surface area contributed by atoms with E-state index in [1.807, 2.05) is 0 Å². The highest BCUT2D eigenvalue weighted by Crippen LogP contribution is 2.48. The minimum absolute atomic E-state index is 0.313. The van der Waals surface area contributed by atoms with Crippen LogP contribution in [0.3, 0.4) is 0 Å². The van der Waals surface area contributed by atoms with E-state index in [-0.39, 0.29) is 0 Å². The molecule has 22 heavy (non-hydrogen) atoms. The average Bonchev–Trinajstić information content (AvgIpc) is 2.59. The molecular weight excluding hydrogens is 268 g/mol. The van der Waals surface area contributed by atoms with Crippen LogP contribution in [0.1, 0.15) is 93.0 Å². The predicted molar refractivity (Wildman–Crippen MR) is 92.3 cm³/mol. The second kappa shape index (κ2) is 7.44. The van der Waals surface area contributed by atoms with Crippen LogP contribution in [0.25, 0.3) is 0 Å². The van der Waals surface area contributed by atoms with Crippen molar-refractivity contribution in [2.24, 2.45) is 11.8 Å². The summed E-state index contributed by atoms with van der Waals surface area (Å²) < 4.78 is 0. The predicted octanol–water partition coefficient (Wildman–Crippen LogP) is 6.13. The third kappa shape index (κ3) is 3.45. The number of fused-ring (bicyclic) bond motifs is 1. The van der Waals surface area contributed by atoms with E-state index in [0.717, 1.165) is 36.2 Å². The maximum atomic E-state index is 12.1. The van der Waals surface area contributed by atoms with Gasteiger partial charge in [0.25, 0.3) is 0 Å². The molecule has 1 aromatic carbocycles. The number of rotatable bonds is 5. The molecule has 3 rings (SSSR count). The first-order valence-electron chi connectivity index (χ1n) is 9.42. The smallest absolute Gasteiger partial charge is 0.162 e. The molecule has 0 spiro atoms. The van der Waals surface area contributed by atoms with Crippen molar-refractivity contribution in [1.82, 2.24) is 0 Å². The molecule has 1 aromatic rings. The number of benzene rings is 1. The fraction of sp³-hybridized carbons (Fsp3) is 0.667. The van der Waals surface area contributed by atoms with E-state index in [4.69, 9.17) is 0 Å². The molecule has 0 aliphatic heterocycles. The van der Waals surface area contributed by atoms with Crippen LogP contribution >= 0.6 is 0 Å². The van der Waals surface area contributed by atoms with Crippen molar-refractivity contribution in [3.05, 3.63) is 35.4 Å². The van der Waals surface area contributed by atoms with E-state index in [1.165, 1.54) is 50.5 Å². The highest BCUT2D eigenvalue weighted by molar-refractivity contribution is 5.96. The van der Waals surface area contributed by atoms with Crippen molar-refractivity contribution in [1.29, 1.82) is 0 Å². The van der Waals surface area contributed by atoms with Gasteiger partial charge in [0.15, 0.2) is 5.78 Å². The molecule has 1 unspecified atom stereocenters. The van der Waals surface area contributed by atoms with Crippen LogP contribution in [-0.2, 0) is 0 Å². The number of unbranched alkanes of at least 4 members (excludes halogenated alkanes) is 1. The number of hydrogen-bond donors (Lipinski definition) is 0. The second-order valence-electron chi connectivity index (χ2n) is 7.39. The monoisotopic (exact) mass is 298 g/mol. The van der Waals surface area contributed by atoms with Gasteiger partial charge in [-0.1, -0.05) is 69.7 Å². The molecule has 0 aromatic heterocycles. The molecule has 2 aliphatic carbocycles. The van der Waals surface area contributed by atoms with Gasteiger partial charge in [0, 0.05) is 12.0 Å². The van der Waals surface area contributed by atoms with Crippen LogP contribution in [0.4, 0.5) is 0 Å². The van der Waals surface area contributed by atoms with E-state index in [0.29, 0.717) is 12.2 Å². The lowest BCUT2D eigenvalue weighted by Gasteiger charge is -2.41. The van der Waals surface area contributed by atoms with Gasteiger partial charge >= 0.3 is 0 Å². The molecule has 0 heterocycles. The van der Waals surface area contributed by atoms with E-state index in [1.54, 1.807) is 0 Å². The van der Waals surface area contributed by atoms with Gasteiger partial charge in [-0.25, -0.2) is 0 Å². The van der Waals surface area contributed by atoms with Crippen molar-refractivity contribution in [2.45, 2.75) is 77.0 Å². The summed E-state index contributed by atoms with van der Waals surface area (Å²) in [6, 6.07) is 8.67. The van der Waals surface area contributed by atoms with Crippen LogP contribution in [0, 0.1) is 11.8 Å². The van der Waals surface area contributed by atoms with E-state index in [2.05, 4.69) is 31.2 Å². The van der Waals surface area contributed by atoms with Gasteiger partial charge in [-0.3, -0.25) is 4.79 Å². The molecule has 0 saturated heterocycles. The van der Waals surface area contributed by atoms with Crippen LogP contribution < -0.4 is 0 Å². The Balaban J connectivity index is 1.70. The molecule has 2 saturated carbocycles. The molecular formula is C21H30O. The van der Waals surface area contributed by atoms with E-state index < -0.39 is 0 Å². The number of ketones is 1. The SMILES string of the molecule is CCCCC(=O)c1ccc(C2CCC[C@H]3CCCC[C@H]23)cc1. The largest absolute Gasteiger partial charge is 0.294 e. The van der Waals surface area contributed by atoms with Gasteiger partial charge in [0.2, 0.25) is 0 Å². The van der Waals surface area contributed by atoms with E-state index >= 15 is 0 Å². The molecule has 2 aliphatic rings. The molecule has 3 atom stereocenters. The Labute approximate surface area is 135 Å². The van der Waals surface area contributed by atoms with Crippen molar-refractivity contribution in [2.75, 3.05) is 0 Å². The van der Waals surface area contributed by atoms with Crippen LogP contribution in [0.5, 0.6) is 0 Å². The third-order valence-electron chi connectivity index (χ3n) is 5.99. The number of hydrogen-bond acceptors (Lipinski definition) is 1. The van der Waals surface area contributed by atoms with Crippen LogP contribution in [0.2, 0.25) is 0 Å². The molecule has 2 fully saturated rings. The lowest BCUT2D eigenvalue weighted by molar-refractivity contribution is 0.0979. The lowest BCUT2D eigenvalue weighted by atomic mass is 9.64. The van der Waals surface area contributed by atoms with Crippen molar-refractivity contribution in [3.63, 3.8) is 0 Å². The Hall–Kier alpha value is -1.11. The van der Waals surface area contributed by atoms with E-state index in [9.17, 15) is 4.79 Å². The topological polar surface area (TPSA) is 17.1 Å². The van der Waals surface area contributed by atoms with Crippen molar-refractivity contribution in [3.8, 4) is 0 Å². The molecule has 1 heteroatoms. The first-order chi connectivity index (χ1) is 10.8. The first-order valence-corrected chi connectivity index (χ1v) is 9.42. The zero-order valence-electron chi connectivity index (χ0n) is 14.0. The number of carbonyl (C=O) groups excluding carboxylic acids is 1. The zero-order chi connectivity index (χ0) is 15.4. The summed E-state index contributed by atoms with van der Waals surface area (Å²) in [5, 5.41) is 0. The highest BCUT2D eigenvalue weighted by atomic mass is 16.1. The minimum Gasteiger partial charge on any atom is -0.294 e. The molecule has 120 valence electrons. The third-order valence-corrected chi connectivity index (χ3v) is 5.99. The summed E-state index contributed by atoms with van der Waals surface area (Å²) >= 11 is 0. The summed E-state index contributed by atoms with van der Waals surface area (Å²) in [4.78, 5) is 12.1. The first kappa shape index (κ1) is 15.8. The zero-order valence-corrected chi connectivity index (χ0v) is 14.0. The molecule has 0 radical (unpaired) electrons. The van der Waals surface area contributed by atoms with Gasteiger partial charge < -0.3 is 0 Å². The highest BCUT2D eigenvalue weighted by Gasteiger charge is 2.35. The fourth-order valence-corrected chi connectivity index (χ4v) is 4.75.